The molecule has 0 spiro atoms. The zero-order valence-electron chi connectivity index (χ0n) is 11.5. The first-order valence-corrected chi connectivity index (χ1v) is 7.79. The third kappa shape index (κ3) is 2.34. The first-order chi connectivity index (χ1) is 10.0. The molecule has 1 aromatic carbocycles. The molecule has 7 heteroatoms. The Balaban J connectivity index is 2.07. The van der Waals surface area contributed by atoms with Crippen LogP contribution >= 0.6 is 11.8 Å². The summed E-state index contributed by atoms with van der Waals surface area (Å²) < 4.78 is 28.4. The standard InChI is InChI=1S/C14H15F2N3OS/c1-21-13(4-5-13)14(20,7-19-9-17-8-18-19)11-3-2-10(15)6-12(11)16/h2-3,6,8-9,20H,4-5,7H2,1H3. The molecule has 1 aliphatic rings. The van der Waals surface area contributed by atoms with Crippen LogP contribution in [0.2, 0.25) is 0 Å². The predicted octanol–water partition coefficient (Wildman–Crippen LogP) is 2.34. The molecule has 3 rings (SSSR count). The van der Waals surface area contributed by atoms with Gasteiger partial charge in [0.15, 0.2) is 0 Å². The van der Waals surface area contributed by atoms with Gasteiger partial charge in [-0.1, -0.05) is 6.07 Å². The minimum Gasteiger partial charge on any atom is -0.382 e. The van der Waals surface area contributed by atoms with E-state index in [-0.39, 0.29) is 12.1 Å². The molecular formula is C14H15F2N3OS. The number of thioether (sulfide) groups is 1. The van der Waals surface area contributed by atoms with Crippen molar-refractivity contribution in [2.45, 2.75) is 29.7 Å². The van der Waals surface area contributed by atoms with Gasteiger partial charge in [0.1, 0.15) is 29.9 Å². The molecule has 4 nitrogen and oxygen atoms in total. The number of aliphatic hydroxyl groups is 1. The Bertz CT molecular complexity index is 646. The average molecular weight is 311 g/mol. The van der Waals surface area contributed by atoms with Gasteiger partial charge in [-0.3, -0.25) is 0 Å². The largest absolute Gasteiger partial charge is 0.382 e. The number of rotatable bonds is 5. The van der Waals surface area contributed by atoms with Crippen LogP contribution in [0.3, 0.4) is 0 Å². The second-order valence-corrected chi connectivity index (χ2v) is 6.47. The molecule has 21 heavy (non-hydrogen) atoms. The monoisotopic (exact) mass is 311 g/mol. The second kappa shape index (κ2) is 5.06. The van der Waals surface area contributed by atoms with Crippen LogP contribution in [0.15, 0.2) is 30.9 Å². The lowest BCUT2D eigenvalue weighted by Crippen LogP contribution is -2.44. The van der Waals surface area contributed by atoms with Crippen molar-refractivity contribution in [3.05, 3.63) is 48.1 Å². The van der Waals surface area contributed by atoms with E-state index in [1.807, 2.05) is 6.26 Å². The Hall–Kier alpha value is -1.47. The molecule has 1 atom stereocenters. The fourth-order valence-electron chi connectivity index (χ4n) is 2.75. The van der Waals surface area contributed by atoms with E-state index >= 15 is 0 Å². The summed E-state index contributed by atoms with van der Waals surface area (Å²) in [4.78, 5) is 3.85. The van der Waals surface area contributed by atoms with Crippen LogP contribution in [-0.4, -0.2) is 30.9 Å². The molecule has 1 N–H and O–H groups in total. The highest BCUT2D eigenvalue weighted by atomic mass is 32.2. The summed E-state index contributed by atoms with van der Waals surface area (Å²) in [6.07, 6.45) is 6.27. The van der Waals surface area contributed by atoms with Gasteiger partial charge < -0.3 is 5.11 Å². The summed E-state index contributed by atoms with van der Waals surface area (Å²) in [6.45, 7) is 0.0798. The lowest BCUT2D eigenvalue weighted by atomic mass is 9.87. The van der Waals surface area contributed by atoms with E-state index in [0.717, 1.165) is 18.9 Å². The van der Waals surface area contributed by atoms with Crippen molar-refractivity contribution in [3.63, 3.8) is 0 Å². The molecule has 0 amide bonds. The van der Waals surface area contributed by atoms with Crippen molar-refractivity contribution >= 4 is 11.8 Å². The summed E-state index contributed by atoms with van der Waals surface area (Å²) in [6, 6.07) is 3.29. The summed E-state index contributed by atoms with van der Waals surface area (Å²) in [7, 11) is 0. The Labute approximate surface area is 125 Å². The highest BCUT2D eigenvalue weighted by Gasteiger charge is 2.60. The summed E-state index contributed by atoms with van der Waals surface area (Å²) >= 11 is 1.50. The van der Waals surface area contributed by atoms with Crippen molar-refractivity contribution in [2.24, 2.45) is 0 Å². The van der Waals surface area contributed by atoms with E-state index < -0.39 is 22.0 Å². The maximum atomic E-state index is 14.2. The van der Waals surface area contributed by atoms with E-state index in [2.05, 4.69) is 10.1 Å². The van der Waals surface area contributed by atoms with E-state index in [1.165, 1.54) is 41.2 Å². The molecule has 112 valence electrons. The van der Waals surface area contributed by atoms with Gasteiger partial charge in [0.25, 0.3) is 0 Å². The van der Waals surface area contributed by atoms with Gasteiger partial charge in [-0.25, -0.2) is 18.4 Å². The Morgan fingerprint density at radius 3 is 2.71 bits per heavy atom. The number of benzene rings is 1. The lowest BCUT2D eigenvalue weighted by molar-refractivity contribution is 0.00172. The smallest absolute Gasteiger partial charge is 0.137 e. The van der Waals surface area contributed by atoms with Crippen LogP contribution in [0.1, 0.15) is 18.4 Å². The highest BCUT2D eigenvalue weighted by Crippen LogP contribution is 2.59. The zero-order valence-corrected chi connectivity index (χ0v) is 12.3. The molecule has 1 aromatic heterocycles. The molecule has 1 saturated carbocycles. The molecule has 0 radical (unpaired) electrons. The Morgan fingerprint density at radius 1 is 1.43 bits per heavy atom. The molecular weight excluding hydrogens is 296 g/mol. The second-order valence-electron chi connectivity index (χ2n) is 5.28. The minimum atomic E-state index is -1.46. The summed E-state index contributed by atoms with van der Waals surface area (Å²) in [5.74, 6) is -1.40. The van der Waals surface area contributed by atoms with Gasteiger partial charge in [-0.2, -0.15) is 16.9 Å². The fourth-order valence-corrected chi connectivity index (χ4v) is 3.77. The van der Waals surface area contributed by atoms with E-state index in [0.29, 0.717) is 0 Å². The average Bonchev–Trinajstić information content (AvgIpc) is 3.11. The molecule has 1 unspecified atom stereocenters. The van der Waals surface area contributed by atoms with Gasteiger partial charge >= 0.3 is 0 Å². The molecule has 0 aliphatic heterocycles. The topological polar surface area (TPSA) is 50.9 Å². The first-order valence-electron chi connectivity index (χ1n) is 6.56. The van der Waals surface area contributed by atoms with Crippen LogP contribution in [-0.2, 0) is 12.1 Å². The highest BCUT2D eigenvalue weighted by molar-refractivity contribution is 8.00. The summed E-state index contributed by atoms with van der Waals surface area (Å²) in [5, 5.41) is 15.2. The quantitative estimate of drug-likeness (QED) is 0.921. The van der Waals surface area contributed by atoms with Crippen molar-refractivity contribution in [3.8, 4) is 0 Å². The SMILES string of the molecule is CSC1(C(O)(Cn2cncn2)c2ccc(F)cc2F)CC1. The van der Waals surface area contributed by atoms with Crippen LogP contribution in [0.25, 0.3) is 0 Å². The van der Waals surface area contributed by atoms with Crippen LogP contribution < -0.4 is 0 Å². The molecule has 1 heterocycles. The normalized spacial score (nSPS) is 19.2. The third-order valence-electron chi connectivity index (χ3n) is 4.08. The van der Waals surface area contributed by atoms with Gasteiger partial charge in [-0.05, 0) is 25.2 Å². The molecule has 1 fully saturated rings. The molecule has 0 saturated heterocycles. The number of hydrogen-bond acceptors (Lipinski definition) is 4. The van der Waals surface area contributed by atoms with Crippen LogP contribution in [0.4, 0.5) is 8.78 Å². The van der Waals surface area contributed by atoms with Gasteiger partial charge in [0.2, 0.25) is 0 Å². The number of aromatic nitrogens is 3. The molecule has 0 bridgehead atoms. The number of nitrogens with zero attached hydrogens (tertiary/aromatic N) is 3. The van der Waals surface area contributed by atoms with E-state index in [4.69, 9.17) is 0 Å². The van der Waals surface area contributed by atoms with Crippen LogP contribution in [0.5, 0.6) is 0 Å². The van der Waals surface area contributed by atoms with Gasteiger partial charge in [0.05, 0.1) is 11.3 Å². The fraction of sp³-hybridized carbons (Fsp3) is 0.429. The van der Waals surface area contributed by atoms with Gasteiger partial charge in [0, 0.05) is 11.6 Å². The summed E-state index contributed by atoms with van der Waals surface area (Å²) in [5.41, 5.74) is -1.36. The predicted molar refractivity (Wildman–Crippen MR) is 75.8 cm³/mol. The number of halogens is 2. The zero-order chi connectivity index (χ0) is 15.1. The minimum absolute atomic E-state index is 0.0798. The van der Waals surface area contributed by atoms with Crippen molar-refractivity contribution in [1.82, 2.24) is 14.8 Å². The van der Waals surface area contributed by atoms with E-state index in [9.17, 15) is 13.9 Å². The Kier molecular flexibility index (Phi) is 3.49. The van der Waals surface area contributed by atoms with E-state index in [1.54, 1.807) is 0 Å². The van der Waals surface area contributed by atoms with Crippen molar-refractivity contribution < 1.29 is 13.9 Å². The maximum absolute atomic E-state index is 14.2. The number of hydrogen-bond donors (Lipinski definition) is 1. The van der Waals surface area contributed by atoms with Crippen molar-refractivity contribution in [1.29, 1.82) is 0 Å². The molecule has 2 aromatic rings. The first kappa shape index (κ1) is 14.5. The molecule has 1 aliphatic carbocycles. The van der Waals surface area contributed by atoms with Crippen LogP contribution in [0, 0.1) is 11.6 Å². The Morgan fingerprint density at radius 2 is 2.19 bits per heavy atom. The van der Waals surface area contributed by atoms with Crippen molar-refractivity contribution in [2.75, 3.05) is 6.26 Å². The third-order valence-corrected chi connectivity index (χ3v) is 5.61. The maximum Gasteiger partial charge on any atom is 0.137 e. The van der Waals surface area contributed by atoms with Gasteiger partial charge in [-0.15, -0.1) is 0 Å². The lowest BCUT2D eigenvalue weighted by Gasteiger charge is -2.36.